The molecule has 2 aromatic carbocycles. The van der Waals surface area contributed by atoms with Gasteiger partial charge in [-0.3, -0.25) is 9.97 Å². The highest BCUT2D eigenvalue weighted by atomic mass is 14.8. The van der Waals surface area contributed by atoms with E-state index >= 15 is 0 Å². The van der Waals surface area contributed by atoms with E-state index in [1.807, 2.05) is 6.20 Å². The van der Waals surface area contributed by atoms with Crippen LogP contribution in [0.4, 0.5) is 0 Å². The zero-order chi connectivity index (χ0) is 19.9. The number of benzene rings is 2. The van der Waals surface area contributed by atoms with Crippen molar-refractivity contribution in [3.63, 3.8) is 0 Å². The average Bonchev–Trinajstić information content (AvgIpc) is 3.13. The molecule has 0 atom stereocenters. The second-order valence-corrected chi connectivity index (χ2v) is 8.61. The van der Waals surface area contributed by atoms with Crippen LogP contribution in [0.3, 0.4) is 0 Å². The number of fused-ring (bicyclic) bond motifs is 10. The van der Waals surface area contributed by atoms with Crippen molar-refractivity contribution in [1.29, 1.82) is 0 Å². The summed E-state index contributed by atoms with van der Waals surface area (Å²) in [6.07, 6.45) is 1.98. The van der Waals surface area contributed by atoms with E-state index in [1.165, 1.54) is 44.5 Å². The first kappa shape index (κ1) is 16.7. The molecule has 140 valence electrons. The molecule has 0 bridgehead atoms. The van der Waals surface area contributed by atoms with Crippen LogP contribution >= 0.6 is 0 Å². The molecule has 6 rings (SSSR count). The SMILES string of the molecule is Cc1ccc2c(c1)C1(c3cc(C)ccc3-2)c2cc(C)cnc2-c2ccc(C)nc21. The normalized spacial score (nSPS) is 14.5. The van der Waals surface area contributed by atoms with Crippen LogP contribution in [0.2, 0.25) is 0 Å². The predicted octanol–water partition coefficient (Wildman–Crippen LogP) is 6.05. The first-order valence-electron chi connectivity index (χ1n) is 10.2. The third kappa shape index (κ3) is 1.96. The summed E-state index contributed by atoms with van der Waals surface area (Å²) < 4.78 is 0. The summed E-state index contributed by atoms with van der Waals surface area (Å²) in [5, 5.41) is 0. The molecule has 2 heterocycles. The molecule has 2 aliphatic carbocycles. The van der Waals surface area contributed by atoms with Crippen LogP contribution in [0.1, 0.15) is 44.8 Å². The molecule has 2 heteroatoms. The quantitative estimate of drug-likeness (QED) is 0.323. The Morgan fingerprint density at radius 2 is 1.21 bits per heavy atom. The molecule has 2 aromatic heterocycles. The zero-order valence-electron chi connectivity index (χ0n) is 17.2. The van der Waals surface area contributed by atoms with Gasteiger partial charge in [0, 0.05) is 17.5 Å². The summed E-state index contributed by atoms with van der Waals surface area (Å²) >= 11 is 0. The standard InChI is InChI=1S/C27H22N2/c1-15-5-8-19-20-9-6-16(2)12-23(20)27(22(19)11-15)24-13-17(3)14-28-25(24)21-10-7-18(4)29-26(21)27/h5-14H,1-4H3. The molecule has 0 amide bonds. The number of pyridine rings is 2. The lowest BCUT2D eigenvalue weighted by atomic mass is 9.72. The third-order valence-corrected chi connectivity index (χ3v) is 6.52. The number of nitrogens with zero attached hydrogens (tertiary/aromatic N) is 2. The van der Waals surface area contributed by atoms with E-state index in [1.54, 1.807) is 0 Å². The minimum Gasteiger partial charge on any atom is -0.256 e. The second kappa shape index (κ2) is 5.42. The smallest absolute Gasteiger partial charge is 0.0914 e. The average molecular weight is 374 g/mol. The topological polar surface area (TPSA) is 25.8 Å². The molecular formula is C27H22N2. The van der Waals surface area contributed by atoms with E-state index < -0.39 is 5.41 Å². The summed E-state index contributed by atoms with van der Waals surface area (Å²) in [6.45, 7) is 8.57. The van der Waals surface area contributed by atoms with E-state index in [0.29, 0.717) is 0 Å². The van der Waals surface area contributed by atoms with Crippen molar-refractivity contribution in [1.82, 2.24) is 9.97 Å². The van der Waals surface area contributed by atoms with Gasteiger partial charge in [-0.1, -0.05) is 53.6 Å². The van der Waals surface area contributed by atoms with Crippen LogP contribution in [-0.4, -0.2) is 9.97 Å². The maximum Gasteiger partial charge on any atom is 0.0914 e. The molecule has 0 fully saturated rings. The number of hydrogen-bond acceptors (Lipinski definition) is 2. The lowest BCUT2D eigenvalue weighted by molar-refractivity contribution is 0.751. The minimum atomic E-state index is -0.390. The Bertz CT molecular complexity index is 1140. The molecule has 2 aliphatic rings. The van der Waals surface area contributed by atoms with Crippen molar-refractivity contribution in [3.05, 3.63) is 106 Å². The maximum absolute atomic E-state index is 5.15. The Labute approximate surface area is 171 Å². The third-order valence-electron chi connectivity index (χ3n) is 6.52. The number of rotatable bonds is 0. The van der Waals surface area contributed by atoms with Gasteiger partial charge in [0.25, 0.3) is 0 Å². The van der Waals surface area contributed by atoms with E-state index in [9.17, 15) is 0 Å². The van der Waals surface area contributed by atoms with Gasteiger partial charge < -0.3 is 0 Å². The van der Waals surface area contributed by atoms with Gasteiger partial charge in [0.05, 0.1) is 16.8 Å². The fourth-order valence-corrected chi connectivity index (χ4v) is 5.33. The van der Waals surface area contributed by atoms with E-state index in [2.05, 4.69) is 82.3 Å². The van der Waals surface area contributed by atoms with Crippen molar-refractivity contribution in [2.75, 3.05) is 0 Å². The molecule has 0 saturated carbocycles. The second-order valence-electron chi connectivity index (χ2n) is 8.61. The summed E-state index contributed by atoms with van der Waals surface area (Å²) in [6, 6.07) is 20.3. The van der Waals surface area contributed by atoms with Crippen LogP contribution < -0.4 is 0 Å². The Morgan fingerprint density at radius 3 is 1.86 bits per heavy atom. The van der Waals surface area contributed by atoms with Crippen LogP contribution in [0.15, 0.2) is 60.8 Å². The van der Waals surface area contributed by atoms with Gasteiger partial charge in [-0.05, 0) is 73.2 Å². The highest BCUT2D eigenvalue weighted by Gasteiger charge is 2.53. The summed E-state index contributed by atoms with van der Waals surface area (Å²) in [5.41, 5.74) is 14.3. The molecule has 0 radical (unpaired) electrons. The van der Waals surface area contributed by atoms with E-state index in [4.69, 9.17) is 9.97 Å². The fourth-order valence-electron chi connectivity index (χ4n) is 5.33. The van der Waals surface area contributed by atoms with Crippen molar-refractivity contribution in [2.45, 2.75) is 33.1 Å². The number of hydrogen-bond donors (Lipinski definition) is 0. The largest absolute Gasteiger partial charge is 0.256 e. The van der Waals surface area contributed by atoms with Crippen LogP contribution in [-0.2, 0) is 5.41 Å². The van der Waals surface area contributed by atoms with Gasteiger partial charge in [-0.15, -0.1) is 0 Å². The predicted molar refractivity (Wildman–Crippen MR) is 117 cm³/mol. The monoisotopic (exact) mass is 374 g/mol. The summed E-state index contributed by atoms with van der Waals surface area (Å²) in [7, 11) is 0. The molecule has 0 N–H and O–H groups in total. The highest BCUT2D eigenvalue weighted by molar-refractivity contribution is 5.93. The van der Waals surface area contributed by atoms with Gasteiger partial charge in [-0.2, -0.15) is 0 Å². The maximum atomic E-state index is 5.15. The van der Waals surface area contributed by atoms with Crippen LogP contribution in [0, 0.1) is 27.7 Å². The highest BCUT2D eigenvalue weighted by Crippen LogP contribution is 2.62. The van der Waals surface area contributed by atoms with Crippen molar-refractivity contribution in [2.24, 2.45) is 0 Å². The molecule has 0 unspecified atom stereocenters. The molecule has 4 aromatic rings. The molecule has 1 spiro atoms. The van der Waals surface area contributed by atoms with Crippen molar-refractivity contribution >= 4 is 0 Å². The molecular weight excluding hydrogens is 352 g/mol. The number of aryl methyl sites for hydroxylation is 4. The molecule has 2 nitrogen and oxygen atoms in total. The van der Waals surface area contributed by atoms with Crippen LogP contribution in [0.25, 0.3) is 22.4 Å². The lowest BCUT2D eigenvalue weighted by Gasteiger charge is -2.29. The Kier molecular flexibility index (Phi) is 3.11. The van der Waals surface area contributed by atoms with Gasteiger partial charge in [-0.25, -0.2) is 0 Å². The molecule has 0 saturated heterocycles. The van der Waals surface area contributed by atoms with Crippen molar-refractivity contribution < 1.29 is 0 Å². The lowest BCUT2D eigenvalue weighted by Crippen LogP contribution is -2.27. The van der Waals surface area contributed by atoms with Gasteiger partial charge in [0.2, 0.25) is 0 Å². The fraction of sp³-hybridized carbons (Fsp3) is 0.185. The zero-order valence-corrected chi connectivity index (χ0v) is 17.2. The van der Waals surface area contributed by atoms with Crippen LogP contribution in [0.5, 0.6) is 0 Å². The van der Waals surface area contributed by atoms with Gasteiger partial charge in [0.15, 0.2) is 0 Å². The Hall–Kier alpha value is -3.26. The first-order chi connectivity index (χ1) is 14.0. The van der Waals surface area contributed by atoms with Gasteiger partial charge in [0.1, 0.15) is 0 Å². The first-order valence-corrected chi connectivity index (χ1v) is 10.2. The minimum absolute atomic E-state index is 0.390. The summed E-state index contributed by atoms with van der Waals surface area (Å²) in [4.78, 5) is 10.0. The Balaban J connectivity index is 1.88. The van der Waals surface area contributed by atoms with E-state index in [-0.39, 0.29) is 0 Å². The molecule has 0 aliphatic heterocycles. The molecule has 29 heavy (non-hydrogen) atoms. The van der Waals surface area contributed by atoms with Gasteiger partial charge >= 0.3 is 0 Å². The Morgan fingerprint density at radius 1 is 0.621 bits per heavy atom. The number of aromatic nitrogens is 2. The summed E-state index contributed by atoms with van der Waals surface area (Å²) in [5.74, 6) is 0. The van der Waals surface area contributed by atoms with E-state index in [0.717, 1.165) is 22.6 Å². The van der Waals surface area contributed by atoms with Crippen molar-refractivity contribution in [3.8, 4) is 22.4 Å².